The first kappa shape index (κ1) is 17.1. The van der Waals surface area contributed by atoms with Crippen molar-refractivity contribution in [2.24, 2.45) is 0 Å². The van der Waals surface area contributed by atoms with Gasteiger partial charge in [0.25, 0.3) is 5.91 Å². The fourth-order valence-corrected chi connectivity index (χ4v) is 2.51. The summed E-state index contributed by atoms with van der Waals surface area (Å²) in [6.45, 7) is 0.559. The van der Waals surface area contributed by atoms with Gasteiger partial charge < -0.3 is 10.6 Å². The summed E-state index contributed by atoms with van der Waals surface area (Å²) in [5.74, 6) is 0.0276. The number of hydrogen-bond donors (Lipinski definition) is 2. The lowest BCUT2D eigenvalue weighted by Gasteiger charge is -2.09. The van der Waals surface area contributed by atoms with E-state index in [0.29, 0.717) is 33.8 Å². The zero-order valence-corrected chi connectivity index (χ0v) is 14.4. The molecule has 0 aliphatic rings. The minimum absolute atomic E-state index is 0.297. The van der Waals surface area contributed by atoms with Crippen LogP contribution in [0.5, 0.6) is 0 Å². The Morgan fingerprint density at radius 3 is 2.28 bits per heavy atom. The summed E-state index contributed by atoms with van der Waals surface area (Å²) in [6.07, 6.45) is 6.29. The Bertz CT molecular complexity index is 852. The van der Waals surface area contributed by atoms with Crippen molar-refractivity contribution in [3.63, 3.8) is 0 Å². The fourth-order valence-electron chi connectivity index (χ4n) is 2.02. The third-order valence-electron chi connectivity index (χ3n) is 3.32. The molecular weight excluding hydrogens is 361 g/mol. The molecule has 6 nitrogen and oxygen atoms in total. The lowest BCUT2D eigenvalue weighted by molar-refractivity contribution is 0.102. The topological polar surface area (TPSA) is 79.8 Å². The number of benzene rings is 1. The zero-order valence-electron chi connectivity index (χ0n) is 12.9. The Kier molecular flexibility index (Phi) is 5.42. The Hall–Kier alpha value is -2.70. The van der Waals surface area contributed by atoms with Crippen molar-refractivity contribution in [1.29, 1.82) is 0 Å². The monoisotopic (exact) mass is 373 g/mol. The number of amides is 1. The van der Waals surface area contributed by atoms with Gasteiger partial charge in [-0.3, -0.25) is 9.78 Å². The molecule has 2 aromatic heterocycles. The van der Waals surface area contributed by atoms with Crippen LogP contribution in [0.2, 0.25) is 10.0 Å². The van der Waals surface area contributed by atoms with Gasteiger partial charge in [-0.25, -0.2) is 9.97 Å². The average molecular weight is 374 g/mol. The summed E-state index contributed by atoms with van der Waals surface area (Å²) >= 11 is 12.1. The van der Waals surface area contributed by atoms with Crippen molar-refractivity contribution in [1.82, 2.24) is 15.0 Å². The Morgan fingerprint density at radius 2 is 1.64 bits per heavy atom. The third kappa shape index (κ3) is 4.43. The fraction of sp³-hybridized carbons (Fsp3) is 0.0588. The molecule has 0 saturated heterocycles. The second kappa shape index (κ2) is 7.92. The van der Waals surface area contributed by atoms with E-state index in [0.717, 1.165) is 5.56 Å². The molecule has 0 atom stereocenters. The molecule has 0 aliphatic heterocycles. The summed E-state index contributed by atoms with van der Waals surface area (Å²) in [7, 11) is 0. The number of pyridine rings is 1. The van der Waals surface area contributed by atoms with E-state index in [1.165, 1.54) is 12.4 Å². The van der Waals surface area contributed by atoms with Gasteiger partial charge in [0.15, 0.2) is 0 Å². The Balaban J connectivity index is 1.64. The molecule has 0 bridgehead atoms. The molecule has 0 saturated carbocycles. The zero-order chi connectivity index (χ0) is 17.6. The van der Waals surface area contributed by atoms with Gasteiger partial charge in [-0.2, -0.15) is 0 Å². The second-order valence-electron chi connectivity index (χ2n) is 5.06. The Morgan fingerprint density at radius 1 is 1.00 bits per heavy atom. The molecule has 0 unspecified atom stereocenters. The van der Waals surface area contributed by atoms with Crippen molar-refractivity contribution in [3.05, 3.63) is 76.3 Å². The van der Waals surface area contributed by atoms with E-state index in [-0.39, 0.29) is 0 Å². The van der Waals surface area contributed by atoms with Crippen LogP contribution in [0.3, 0.4) is 0 Å². The molecule has 2 heterocycles. The van der Waals surface area contributed by atoms with E-state index in [1.807, 2.05) is 12.1 Å². The van der Waals surface area contributed by atoms with Gasteiger partial charge in [-0.05, 0) is 29.8 Å². The summed E-state index contributed by atoms with van der Waals surface area (Å²) < 4.78 is 0. The molecule has 8 heteroatoms. The highest BCUT2D eigenvalue weighted by Gasteiger charge is 2.12. The van der Waals surface area contributed by atoms with Crippen LogP contribution in [0, 0.1) is 0 Å². The number of carbonyl (C=O) groups excluding carboxylic acids is 1. The predicted molar refractivity (Wildman–Crippen MR) is 98.0 cm³/mol. The lowest BCUT2D eigenvalue weighted by Crippen LogP contribution is -2.14. The maximum Gasteiger partial charge on any atom is 0.258 e. The molecule has 3 aromatic rings. The number of nitrogens with one attached hydrogen (secondary N) is 2. The van der Waals surface area contributed by atoms with Crippen LogP contribution in [0.1, 0.15) is 15.9 Å². The molecule has 25 heavy (non-hydrogen) atoms. The van der Waals surface area contributed by atoms with E-state index in [4.69, 9.17) is 23.2 Å². The molecule has 0 spiro atoms. The average Bonchev–Trinajstić information content (AvgIpc) is 2.64. The minimum Gasteiger partial charge on any atom is -0.350 e. The molecule has 1 amide bonds. The molecule has 0 radical (unpaired) electrons. The lowest BCUT2D eigenvalue weighted by atomic mass is 10.2. The van der Waals surface area contributed by atoms with Crippen molar-refractivity contribution < 1.29 is 4.79 Å². The number of hydrogen-bond acceptors (Lipinski definition) is 5. The standard InChI is InChI=1S/C17H13Cl2N5O/c18-13-2-1-3-14(19)15(13)24-16(25)12-9-22-17(23-10-12)21-8-11-4-6-20-7-5-11/h1-7,9-10H,8H2,(H,24,25)(H,21,22,23). The van der Waals surface area contributed by atoms with Crippen molar-refractivity contribution in [2.45, 2.75) is 6.54 Å². The predicted octanol–water partition coefficient (Wildman–Crippen LogP) is 4.04. The number of anilines is 2. The second-order valence-corrected chi connectivity index (χ2v) is 5.87. The van der Waals surface area contributed by atoms with Gasteiger partial charge in [0.1, 0.15) is 0 Å². The van der Waals surface area contributed by atoms with Gasteiger partial charge >= 0.3 is 0 Å². The molecule has 126 valence electrons. The first-order chi connectivity index (χ1) is 12.1. The van der Waals surface area contributed by atoms with Crippen molar-refractivity contribution >= 4 is 40.7 Å². The number of carbonyl (C=O) groups is 1. The third-order valence-corrected chi connectivity index (χ3v) is 3.95. The first-order valence-corrected chi connectivity index (χ1v) is 8.09. The largest absolute Gasteiger partial charge is 0.350 e. The normalized spacial score (nSPS) is 10.3. The molecule has 1 aromatic carbocycles. The van der Waals surface area contributed by atoms with Gasteiger partial charge in [-0.1, -0.05) is 29.3 Å². The highest BCUT2D eigenvalue weighted by Crippen LogP contribution is 2.30. The summed E-state index contributed by atoms with van der Waals surface area (Å²) in [4.78, 5) is 24.5. The highest BCUT2D eigenvalue weighted by atomic mass is 35.5. The number of aromatic nitrogens is 3. The summed E-state index contributed by atoms with van der Waals surface area (Å²) in [6, 6.07) is 8.77. The van der Waals surface area contributed by atoms with Crippen LogP contribution in [0.25, 0.3) is 0 Å². The summed E-state index contributed by atoms with van der Waals surface area (Å²) in [5.41, 5.74) is 1.70. The van der Waals surface area contributed by atoms with Gasteiger partial charge in [-0.15, -0.1) is 0 Å². The van der Waals surface area contributed by atoms with Crippen LogP contribution in [-0.4, -0.2) is 20.9 Å². The summed E-state index contributed by atoms with van der Waals surface area (Å²) in [5, 5.41) is 6.45. The van der Waals surface area contributed by atoms with Crippen molar-refractivity contribution in [2.75, 3.05) is 10.6 Å². The maximum atomic E-state index is 12.3. The van der Waals surface area contributed by atoms with E-state index < -0.39 is 5.91 Å². The van der Waals surface area contributed by atoms with Crippen LogP contribution in [0.4, 0.5) is 11.6 Å². The van der Waals surface area contributed by atoms with E-state index >= 15 is 0 Å². The van der Waals surface area contributed by atoms with Gasteiger partial charge in [0.05, 0.1) is 21.3 Å². The smallest absolute Gasteiger partial charge is 0.258 e. The van der Waals surface area contributed by atoms with Gasteiger partial charge in [0, 0.05) is 31.3 Å². The number of halogens is 2. The maximum absolute atomic E-state index is 12.3. The molecule has 0 fully saturated rings. The van der Waals surface area contributed by atoms with Crippen LogP contribution in [0.15, 0.2) is 55.1 Å². The van der Waals surface area contributed by atoms with Gasteiger partial charge in [0.2, 0.25) is 5.95 Å². The first-order valence-electron chi connectivity index (χ1n) is 7.33. The van der Waals surface area contributed by atoms with Crippen LogP contribution >= 0.6 is 23.2 Å². The number of nitrogens with zero attached hydrogens (tertiary/aromatic N) is 3. The van der Waals surface area contributed by atoms with E-state index in [9.17, 15) is 4.79 Å². The van der Waals surface area contributed by atoms with E-state index in [2.05, 4.69) is 25.6 Å². The number of para-hydroxylation sites is 1. The molecule has 0 aliphatic carbocycles. The molecule has 3 rings (SSSR count). The molecule has 2 N–H and O–H groups in total. The van der Waals surface area contributed by atoms with Crippen LogP contribution in [-0.2, 0) is 6.54 Å². The SMILES string of the molecule is O=C(Nc1c(Cl)cccc1Cl)c1cnc(NCc2ccncc2)nc1. The molecular formula is C17H13Cl2N5O. The van der Waals surface area contributed by atoms with Crippen molar-refractivity contribution in [3.8, 4) is 0 Å². The van der Waals surface area contributed by atoms with E-state index in [1.54, 1.807) is 30.6 Å². The van der Waals surface area contributed by atoms with Crippen LogP contribution < -0.4 is 10.6 Å². The Labute approximate surface area is 154 Å². The quantitative estimate of drug-likeness (QED) is 0.705. The highest BCUT2D eigenvalue weighted by molar-refractivity contribution is 6.40. The minimum atomic E-state index is -0.393. The number of rotatable bonds is 5.